The van der Waals surface area contributed by atoms with Crippen molar-refractivity contribution in [2.45, 2.75) is 45.0 Å². The third-order valence-electron chi connectivity index (χ3n) is 3.67. The molecular formula is C16H22ClFN4O3. The minimum Gasteiger partial charge on any atom is -0.444 e. The predicted octanol–water partition coefficient (Wildman–Crippen LogP) is 2.59. The predicted molar refractivity (Wildman–Crippen MR) is 92.5 cm³/mol. The highest BCUT2D eigenvalue weighted by atomic mass is 35.5. The van der Waals surface area contributed by atoms with Crippen LogP contribution in [-0.2, 0) is 4.74 Å². The topological polar surface area (TPSA) is 97.6 Å². The Morgan fingerprint density at radius 2 is 2.16 bits per heavy atom. The van der Waals surface area contributed by atoms with Crippen molar-refractivity contribution in [1.29, 1.82) is 0 Å². The summed E-state index contributed by atoms with van der Waals surface area (Å²) in [6, 6.07) is 0.837. The summed E-state index contributed by atoms with van der Waals surface area (Å²) in [5.74, 6) is -0.687. The Morgan fingerprint density at radius 3 is 2.72 bits per heavy atom. The molecule has 7 nitrogen and oxygen atoms in total. The van der Waals surface area contributed by atoms with Crippen molar-refractivity contribution in [1.82, 2.24) is 9.88 Å². The number of likely N-dealkylation sites (tertiary alicyclic amines) is 1. The van der Waals surface area contributed by atoms with Gasteiger partial charge >= 0.3 is 6.09 Å². The quantitative estimate of drug-likeness (QED) is 0.795. The van der Waals surface area contributed by atoms with Crippen molar-refractivity contribution in [2.24, 2.45) is 5.73 Å². The lowest BCUT2D eigenvalue weighted by Gasteiger charge is -2.36. The molecule has 0 aromatic carbocycles. The normalized spacial score (nSPS) is 20.9. The SMILES string of the molecule is CC(C)(C)OC(=O)N1CC[C@@H](Nc2cc(Cl)ncc2C(N)=O)[C@@H](F)C1. The molecule has 9 heteroatoms. The zero-order valence-electron chi connectivity index (χ0n) is 14.4. The number of alkyl halides is 1. The molecule has 0 radical (unpaired) electrons. The molecule has 1 aliphatic heterocycles. The highest BCUT2D eigenvalue weighted by Crippen LogP contribution is 2.24. The van der Waals surface area contributed by atoms with Crippen LogP contribution in [0.3, 0.4) is 0 Å². The van der Waals surface area contributed by atoms with Gasteiger partial charge in [0.25, 0.3) is 5.91 Å². The average molecular weight is 373 g/mol. The average Bonchev–Trinajstić information content (AvgIpc) is 2.47. The molecule has 0 spiro atoms. The zero-order valence-corrected chi connectivity index (χ0v) is 15.1. The third kappa shape index (κ3) is 5.19. The maximum Gasteiger partial charge on any atom is 0.410 e. The first kappa shape index (κ1) is 19.2. The highest BCUT2D eigenvalue weighted by molar-refractivity contribution is 6.29. The van der Waals surface area contributed by atoms with E-state index in [1.807, 2.05) is 0 Å². The fourth-order valence-electron chi connectivity index (χ4n) is 2.51. The molecule has 0 saturated carbocycles. The van der Waals surface area contributed by atoms with Crippen LogP contribution in [0.1, 0.15) is 37.6 Å². The first-order valence-electron chi connectivity index (χ1n) is 7.90. The van der Waals surface area contributed by atoms with Gasteiger partial charge in [0.15, 0.2) is 0 Å². The number of nitrogens with two attached hydrogens (primary N) is 1. The van der Waals surface area contributed by atoms with Gasteiger partial charge < -0.3 is 20.7 Å². The standard InChI is InChI=1S/C16H22ClFN4O3/c1-16(2,3)25-15(24)22-5-4-11(10(18)8-22)21-12-6-13(17)20-7-9(12)14(19)23/h6-7,10-11H,4-5,8H2,1-3H3,(H2,19,23)(H,20,21)/t10-,11+/m0/s1. The molecule has 1 aliphatic rings. The molecule has 2 heterocycles. The molecule has 3 N–H and O–H groups in total. The molecule has 0 bridgehead atoms. The third-order valence-corrected chi connectivity index (χ3v) is 3.88. The second-order valence-electron chi connectivity index (χ2n) is 6.90. The van der Waals surface area contributed by atoms with Crippen molar-refractivity contribution in [2.75, 3.05) is 18.4 Å². The van der Waals surface area contributed by atoms with Crippen LogP contribution in [0, 0.1) is 0 Å². The lowest BCUT2D eigenvalue weighted by Crippen LogP contribution is -2.51. The van der Waals surface area contributed by atoms with E-state index in [9.17, 15) is 14.0 Å². The minimum atomic E-state index is -1.34. The summed E-state index contributed by atoms with van der Waals surface area (Å²) in [6.45, 7) is 5.50. The first-order chi connectivity index (χ1) is 11.6. The summed E-state index contributed by atoms with van der Waals surface area (Å²) in [5, 5.41) is 3.11. The molecule has 138 valence electrons. The molecule has 1 aromatic heterocycles. The van der Waals surface area contributed by atoms with Gasteiger partial charge in [0.2, 0.25) is 0 Å². The Morgan fingerprint density at radius 1 is 1.48 bits per heavy atom. The van der Waals surface area contributed by atoms with E-state index in [1.54, 1.807) is 20.8 Å². The largest absolute Gasteiger partial charge is 0.444 e. The van der Waals surface area contributed by atoms with E-state index in [1.165, 1.54) is 17.2 Å². The minimum absolute atomic E-state index is 0.0999. The number of rotatable bonds is 3. The summed E-state index contributed by atoms with van der Waals surface area (Å²) in [4.78, 5) is 28.6. The van der Waals surface area contributed by atoms with E-state index in [4.69, 9.17) is 22.1 Å². The first-order valence-corrected chi connectivity index (χ1v) is 8.28. The number of carbonyl (C=O) groups is 2. The Hall–Kier alpha value is -2.09. The van der Waals surface area contributed by atoms with Gasteiger partial charge in [0, 0.05) is 12.7 Å². The molecule has 1 aromatic rings. The number of hydrogen-bond donors (Lipinski definition) is 2. The molecule has 2 amide bonds. The smallest absolute Gasteiger partial charge is 0.410 e. The van der Waals surface area contributed by atoms with Gasteiger partial charge in [-0.2, -0.15) is 0 Å². The monoisotopic (exact) mass is 372 g/mol. The van der Waals surface area contributed by atoms with Gasteiger partial charge in [-0.25, -0.2) is 14.2 Å². The number of aromatic nitrogens is 1. The van der Waals surface area contributed by atoms with Crippen molar-refractivity contribution in [3.8, 4) is 0 Å². The van der Waals surface area contributed by atoms with Gasteiger partial charge in [-0.05, 0) is 33.3 Å². The van der Waals surface area contributed by atoms with Gasteiger partial charge in [-0.3, -0.25) is 4.79 Å². The van der Waals surface area contributed by atoms with Crippen LogP contribution >= 0.6 is 11.6 Å². The molecule has 25 heavy (non-hydrogen) atoms. The van der Waals surface area contributed by atoms with Crippen LogP contribution in [0.25, 0.3) is 0 Å². The number of ether oxygens (including phenoxy) is 1. The molecule has 2 rings (SSSR count). The van der Waals surface area contributed by atoms with Crippen LogP contribution in [0.4, 0.5) is 14.9 Å². The number of carbonyl (C=O) groups excluding carboxylic acids is 2. The van der Waals surface area contributed by atoms with Gasteiger partial charge in [0.1, 0.15) is 16.9 Å². The molecule has 1 saturated heterocycles. The molecule has 2 atom stereocenters. The number of pyridine rings is 1. The van der Waals surface area contributed by atoms with Crippen LogP contribution in [0.15, 0.2) is 12.3 Å². The van der Waals surface area contributed by atoms with E-state index in [0.29, 0.717) is 18.7 Å². The van der Waals surface area contributed by atoms with Gasteiger partial charge in [0.05, 0.1) is 23.8 Å². The van der Waals surface area contributed by atoms with E-state index >= 15 is 0 Å². The molecule has 0 unspecified atom stereocenters. The Balaban J connectivity index is 2.04. The van der Waals surface area contributed by atoms with E-state index in [2.05, 4.69) is 10.3 Å². The van der Waals surface area contributed by atoms with Crippen molar-refractivity contribution in [3.05, 3.63) is 23.0 Å². The molecule has 0 aliphatic carbocycles. The Kier molecular flexibility index (Phi) is 5.72. The van der Waals surface area contributed by atoms with E-state index < -0.39 is 29.8 Å². The van der Waals surface area contributed by atoms with Crippen molar-refractivity contribution >= 4 is 29.3 Å². The Bertz CT molecular complexity index is 665. The van der Waals surface area contributed by atoms with Gasteiger partial charge in [-0.1, -0.05) is 11.6 Å². The lowest BCUT2D eigenvalue weighted by atomic mass is 10.0. The van der Waals surface area contributed by atoms with E-state index in [-0.39, 0.29) is 17.3 Å². The van der Waals surface area contributed by atoms with Crippen LogP contribution in [0.2, 0.25) is 5.15 Å². The number of anilines is 1. The fraction of sp³-hybridized carbons (Fsp3) is 0.562. The van der Waals surface area contributed by atoms with Gasteiger partial charge in [-0.15, -0.1) is 0 Å². The number of piperidine rings is 1. The zero-order chi connectivity index (χ0) is 18.8. The summed E-state index contributed by atoms with van der Waals surface area (Å²) < 4.78 is 19.8. The van der Waals surface area contributed by atoms with Crippen LogP contribution in [-0.4, -0.2) is 52.8 Å². The number of amides is 2. The highest BCUT2D eigenvalue weighted by Gasteiger charge is 2.34. The second kappa shape index (κ2) is 7.43. The molecule has 1 fully saturated rings. The maximum absolute atomic E-state index is 14.5. The van der Waals surface area contributed by atoms with Crippen molar-refractivity contribution < 1.29 is 18.7 Å². The number of halogens is 2. The van der Waals surface area contributed by atoms with Crippen LogP contribution in [0.5, 0.6) is 0 Å². The maximum atomic E-state index is 14.5. The van der Waals surface area contributed by atoms with Crippen LogP contribution < -0.4 is 11.1 Å². The number of primary amides is 1. The summed E-state index contributed by atoms with van der Waals surface area (Å²) in [7, 11) is 0. The molecular weight excluding hydrogens is 351 g/mol. The second-order valence-corrected chi connectivity index (χ2v) is 7.29. The van der Waals surface area contributed by atoms with E-state index in [0.717, 1.165) is 0 Å². The van der Waals surface area contributed by atoms with Crippen molar-refractivity contribution in [3.63, 3.8) is 0 Å². The number of nitrogens with one attached hydrogen (secondary N) is 1. The lowest BCUT2D eigenvalue weighted by molar-refractivity contribution is 0.0125. The number of nitrogens with zero attached hydrogens (tertiary/aromatic N) is 2. The summed E-state index contributed by atoms with van der Waals surface area (Å²) in [6.07, 6.45) is -0.290. The summed E-state index contributed by atoms with van der Waals surface area (Å²) in [5.41, 5.74) is 5.12. The fourth-order valence-corrected chi connectivity index (χ4v) is 2.66. The summed E-state index contributed by atoms with van der Waals surface area (Å²) >= 11 is 5.84. The Labute approximate surface area is 150 Å². The number of hydrogen-bond acceptors (Lipinski definition) is 5.